The lowest BCUT2D eigenvalue weighted by atomic mass is 10.0. The second-order valence-electron chi connectivity index (χ2n) is 6.14. The van der Waals surface area contributed by atoms with Crippen LogP contribution in [0.4, 0.5) is 4.79 Å². The van der Waals surface area contributed by atoms with Crippen molar-refractivity contribution in [3.05, 3.63) is 35.4 Å². The van der Waals surface area contributed by atoms with Crippen molar-refractivity contribution in [1.82, 2.24) is 5.32 Å². The maximum Gasteiger partial charge on any atom is 0.407 e. The van der Waals surface area contributed by atoms with Crippen LogP contribution in [-0.2, 0) is 20.7 Å². The molecule has 1 amide bonds. The van der Waals surface area contributed by atoms with Crippen molar-refractivity contribution in [3.63, 3.8) is 0 Å². The first-order chi connectivity index (χ1) is 10.7. The number of carbonyl (C=O) groups excluding carboxylic acids is 2. The van der Waals surface area contributed by atoms with Gasteiger partial charge in [-0.05, 0) is 44.9 Å². The Hall–Kier alpha value is -2.55. The molecule has 0 radical (unpaired) electrons. The smallest absolute Gasteiger partial charge is 0.407 e. The van der Waals surface area contributed by atoms with E-state index in [9.17, 15) is 9.59 Å². The van der Waals surface area contributed by atoms with E-state index in [1.807, 2.05) is 6.07 Å². The quantitative estimate of drug-likeness (QED) is 0.843. The summed E-state index contributed by atoms with van der Waals surface area (Å²) in [4.78, 5) is 23.5. The Balaban J connectivity index is 2.81. The van der Waals surface area contributed by atoms with Gasteiger partial charge in [0.15, 0.2) is 0 Å². The number of nitrogens with one attached hydrogen (secondary N) is 1. The van der Waals surface area contributed by atoms with Gasteiger partial charge in [0.25, 0.3) is 0 Å². The summed E-state index contributed by atoms with van der Waals surface area (Å²) in [5.41, 5.74) is 0.742. The summed E-state index contributed by atoms with van der Waals surface area (Å²) in [6.07, 6.45) is -0.182. The van der Waals surface area contributed by atoms with Crippen LogP contribution in [0, 0.1) is 11.3 Å². The van der Waals surface area contributed by atoms with Gasteiger partial charge < -0.3 is 14.8 Å². The molecule has 0 saturated carbocycles. The van der Waals surface area contributed by atoms with E-state index >= 15 is 0 Å². The van der Waals surface area contributed by atoms with Crippen LogP contribution in [0.25, 0.3) is 0 Å². The fourth-order valence-corrected chi connectivity index (χ4v) is 1.99. The van der Waals surface area contributed by atoms with E-state index in [4.69, 9.17) is 10.00 Å². The minimum atomic E-state index is -0.624. The molecule has 0 aliphatic rings. The maximum atomic E-state index is 11.9. The molecule has 1 aromatic rings. The molecule has 0 aromatic heterocycles. The van der Waals surface area contributed by atoms with Crippen molar-refractivity contribution in [3.8, 4) is 6.07 Å². The summed E-state index contributed by atoms with van der Waals surface area (Å²) in [5, 5.41) is 11.6. The topological polar surface area (TPSA) is 88.4 Å². The predicted octanol–water partition coefficient (Wildman–Crippen LogP) is 2.56. The first-order valence-corrected chi connectivity index (χ1v) is 7.29. The molecule has 1 aromatic carbocycles. The van der Waals surface area contributed by atoms with Crippen molar-refractivity contribution in [2.75, 3.05) is 7.11 Å². The zero-order chi connectivity index (χ0) is 17.5. The van der Waals surface area contributed by atoms with Crippen molar-refractivity contribution < 1.29 is 19.1 Å². The third-order valence-electron chi connectivity index (χ3n) is 2.90. The van der Waals surface area contributed by atoms with Gasteiger partial charge >= 0.3 is 12.1 Å². The summed E-state index contributed by atoms with van der Waals surface area (Å²) in [6.45, 7) is 5.29. The maximum absolute atomic E-state index is 11.9. The van der Waals surface area contributed by atoms with Gasteiger partial charge in [0.05, 0.1) is 25.2 Å². The van der Waals surface area contributed by atoms with Crippen molar-refractivity contribution in [1.29, 1.82) is 5.26 Å². The van der Waals surface area contributed by atoms with E-state index in [-0.39, 0.29) is 6.42 Å². The van der Waals surface area contributed by atoms with E-state index < -0.39 is 23.7 Å². The van der Waals surface area contributed by atoms with Crippen LogP contribution in [-0.4, -0.2) is 30.8 Å². The molecule has 1 rings (SSSR count). The molecule has 0 aliphatic carbocycles. The Kier molecular flexibility index (Phi) is 6.58. The fraction of sp³-hybridized carbons (Fsp3) is 0.471. The minimum Gasteiger partial charge on any atom is -0.469 e. The number of esters is 1. The lowest BCUT2D eigenvalue weighted by Gasteiger charge is -2.23. The largest absolute Gasteiger partial charge is 0.469 e. The summed E-state index contributed by atoms with van der Waals surface area (Å²) in [7, 11) is 1.29. The third-order valence-corrected chi connectivity index (χ3v) is 2.90. The van der Waals surface area contributed by atoms with Gasteiger partial charge in [0.1, 0.15) is 5.60 Å². The molecule has 0 fully saturated rings. The molecule has 6 nitrogen and oxygen atoms in total. The number of benzene rings is 1. The standard InChI is InChI=1S/C17H22N2O4/c1-17(2,3)23-16(21)19-14(10-15(20)22-4)9-12-6-5-7-13(8-12)11-18/h5-8,14H,9-10H2,1-4H3,(H,19,21)/t14-/m1/s1. The zero-order valence-electron chi connectivity index (χ0n) is 13.9. The van der Waals surface area contributed by atoms with E-state index in [1.165, 1.54) is 7.11 Å². The molecule has 23 heavy (non-hydrogen) atoms. The van der Waals surface area contributed by atoms with Crippen LogP contribution in [0.2, 0.25) is 0 Å². The molecular weight excluding hydrogens is 296 g/mol. The summed E-state index contributed by atoms with van der Waals surface area (Å²) in [5.74, 6) is -0.428. The van der Waals surface area contributed by atoms with Crippen LogP contribution >= 0.6 is 0 Å². The van der Waals surface area contributed by atoms with E-state index in [0.29, 0.717) is 12.0 Å². The molecule has 1 N–H and O–H groups in total. The molecule has 0 aliphatic heterocycles. The zero-order valence-corrected chi connectivity index (χ0v) is 13.9. The van der Waals surface area contributed by atoms with Gasteiger partial charge in [0, 0.05) is 6.04 Å². The normalized spacial score (nSPS) is 12.0. The first kappa shape index (κ1) is 18.5. The van der Waals surface area contributed by atoms with Gasteiger partial charge in [-0.3, -0.25) is 4.79 Å². The van der Waals surface area contributed by atoms with Gasteiger partial charge in [-0.15, -0.1) is 0 Å². The molecule has 0 spiro atoms. The lowest BCUT2D eigenvalue weighted by Crippen LogP contribution is -2.41. The third kappa shape index (κ3) is 7.32. The number of amides is 1. The number of alkyl carbamates (subject to hydrolysis) is 1. The average Bonchev–Trinajstić information content (AvgIpc) is 2.45. The van der Waals surface area contributed by atoms with E-state index in [2.05, 4.69) is 16.1 Å². The highest BCUT2D eigenvalue weighted by Crippen LogP contribution is 2.11. The van der Waals surface area contributed by atoms with Crippen molar-refractivity contribution in [2.45, 2.75) is 45.3 Å². The first-order valence-electron chi connectivity index (χ1n) is 7.29. The van der Waals surface area contributed by atoms with Crippen LogP contribution in [0.1, 0.15) is 38.3 Å². The molecule has 0 unspecified atom stereocenters. The molecular formula is C17H22N2O4. The van der Waals surface area contributed by atoms with Crippen LogP contribution < -0.4 is 5.32 Å². The van der Waals surface area contributed by atoms with Crippen LogP contribution in [0.5, 0.6) is 0 Å². The molecule has 1 atom stereocenters. The number of ether oxygens (including phenoxy) is 2. The predicted molar refractivity (Wildman–Crippen MR) is 84.7 cm³/mol. The highest BCUT2D eigenvalue weighted by Gasteiger charge is 2.22. The van der Waals surface area contributed by atoms with Gasteiger partial charge in [-0.1, -0.05) is 12.1 Å². The number of carbonyl (C=O) groups is 2. The van der Waals surface area contributed by atoms with Crippen molar-refractivity contribution in [2.24, 2.45) is 0 Å². The lowest BCUT2D eigenvalue weighted by molar-refractivity contribution is -0.141. The second kappa shape index (κ2) is 8.18. The Morgan fingerprint density at radius 3 is 2.61 bits per heavy atom. The monoisotopic (exact) mass is 318 g/mol. The number of hydrogen-bond donors (Lipinski definition) is 1. The average molecular weight is 318 g/mol. The van der Waals surface area contributed by atoms with Crippen molar-refractivity contribution >= 4 is 12.1 Å². The highest BCUT2D eigenvalue weighted by atomic mass is 16.6. The summed E-state index contributed by atoms with van der Waals surface area (Å²) in [6, 6.07) is 8.59. The minimum absolute atomic E-state index is 0.0204. The SMILES string of the molecule is COC(=O)C[C@@H](Cc1cccc(C#N)c1)NC(=O)OC(C)(C)C. The Morgan fingerprint density at radius 1 is 1.35 bits per heavy atom. The van der Waals surface area contributed by atoms with Crippen LogP contribution in [0.3, 0.4) is 0 Å². The summed E-state index contributed by atoms with van der Waals surface area (Å²) >= 11 is 0. The molecule has 6 heteroatoms. The number of methoxy groups -OCH3 is 1. The number of hydrogen-bond acceptors (Lipinski definition) is 5. The molecule has 0 bridgehead atoms. The Bertz CT molecular complexity index is 599. The highest BCUT2D eigenvalue weighted by molar-refractivity contribution is 5.73. The van der Waals surface area contributed by atoms with E-state index in [0.717, 1.165) is 5.56 Å². The van der Waals surface area contributed by atoms with Crippen LogP contribution in [0.15, 0.2) is 24.3 Å². The molecule has 0 heterocycles. The van der Waals surface area contributed by atoms with Gasteiger partial charge in [-0.25, -0.2) is 4.79 Å². The second-order valence-corrected chi connectivity index (χ2v) is 6.14. The number of rotatable bonds is 5. The summed E-state index contributed by atoms with van der Waals surface area (Å²) < 4.78 is 9.87. The Labute approximate surface area is 136 Å². The van der Waals surface area contributed by atoms with E-state index in [1.54, 1.807) is 39.0 Å². The molecule has 0 saturated heterocycles. The molecule has 124 valence electrons. The number of nitriles is 1. The van der Waals surface area contributed by atoms with Gasteiger partial charge in [-0.2, -0.15) is 5.26 Å². The van der Waals surface area contributed by atoms with Gasteiger partial charge in [0.2, 0.25) is 0 Å². The number of nitrogens with zero attached hydrogens (tertiary/aromatic N) is 1. The fourth-order valence-electron chi connectivity index (χ4n) is 1.99. The Morgan fingerprint density at radius 2 is 2.04 bits per heavy atom.